The lowest BCUT2D eigenvalue weighted by Crippen LogP contribution is -2.28. The summed E-state index contributed by atoms with van der Waals surface area (Å²) >= 11 is 8.41. The first-order chi connectivity index (χ1) is 16.4. The van der Waals surface area contributed by atoms with E-state index in [0.29, 0.717) is 15.8 Å². The van der Waals surface area contributed by atoms with E-state index >= 15 is 0 Å². The third kappa shape index (κ3) is 5.47. The summed E-state index contributed by atoms with van der Waals surface area (Å²) in [4.78, 5) is 20.5. The highest BCUT2D eigenvalue weighted by Gasteiger charge is 2.34. The minimum Gasteiger partial charge on any atom is -0.479 e. The lowest BCUT2D eigenvalue weighted by atomic mass is 10.2. The molecule has 4 nitrogen and oxygen atoms in total. The Morgan fingerprint density at radius 1 is 1.03 bits per heavy atom. The molecule has 0 bridgehead atoms. The average molecular weight is 596 g/mol. The molecule has 1 amide bonds. The molecule has 34 heavy (non-hydrogen) atoms. The van der Waals surface area contributed by atoms with Gasteiger partial charge in [0.05, 0.1) is 25.2 Å². The van der Waals surface area contributed by atoms with Crippen LogP contribution in [0, 0.1) is 26.2 Å². The van der Waals surface area contributed by atoms with Crippen molar-refractivity contribution in [2.75, 3.05) is 11.5 Å². The molecule has 170 valence electrons. The molecule has 7 heteroatoms. The maximum atomic E-state index is 13.5. The number of aryl methyl sites for hydroxylation is 2. The molecule has 0 radical (unpaired) electrons. The molecular formula is C27H20Br2N2O2S. The van der Waals surface area contributed by atoms with E-state index in [4.69, 9.17) is 16.2 Å². The van der Waals surface area contributed by atoms with Gasteiger partial charge in [0.1, 0.15) is 12.4 Å². The van der Waals surface area contributed by atoms with Crippen LogP contribution in [0.4, 0.5) is 11.4 Å². The highest BCUT2D eigenvalue weighted by atomic mass is 79.9. The monoisotopic (exact) mass is 594 g/mol. The average Bonchev–Trinajstić information content (AvgIpc) is 3.10. The second-order valence-electron chi connectivity index (χ2n) is 7.62. The molecule has 1 fully saturated rings. The summed E-state index contributed by atoms with van der Waals surface area (Å²) in [5.74, 6) is 2.95. The number of carbonyl (C=O) groups is 1. The zero-order valence-electron chi connectivity index (χ0n) is 18.5. The number of nitrogens with zero attached hydrogens (tertiary/aromatic N) is 2. The van der Waals surface area contributed by atoms with E-state index in [1.54, 1.807) is 4.90 Å². The molecule has 4 rings (SSSR count). The fraction of sp³-hybridized carbons (Fsp3) is 0.111. The van der Waals surface area contributed by atoms with Crippen LogP contribution in [-0.4, -0.2) is 17.7 Å². The van der Waals surface area contributed by atoms with Crippen LogP contribution >= 0.6 is 43.6 Å². The number of rotatable bonds is 5. The number of aliphatic imine (C=N–C) groups is 1. The Kier molecular flexibility index (Phi) is 7.62. The number of carbonyl (C=O) groups excluding carboxylic acids is 1. The zero-order valence-corrected chi connectivity index (χ0v) is 22.5. The number of amidine groups is 1. The number of halogens is 2. The van der Waals surface area contributed by atoms with Crippen LogP contribution in [0.15, 0.2) is 79.5 Å². The first-order valence-electron chi connectivity index (χ1n) is 10.4. The highest BCUT2D eigenvalue weighted by Crippen LogP contribution is 2.40. The fourth-order valence-electron chi connectivity index (χ4n) is 3.27. The molecule has 0 N–H and O–H groups in total. The molecule has 0 aliphatic carbocycles. The second kappa shape index (κ2) is 10.6. The third-order valence-corrected chi connectivity index (χ3v) is 7.12. The van der Waals surface area contributed by atoms with E-state index in [-0.39, 0.29) is 12.5 Å². The lowest BCUT2D eigenvalue weighted by molar-refractivity contribution is -0.113. The topological polar surface area (TPSA) is 41.9 Å². The molecule has 0 saturated carbocycles. The standard InChI is InChI=1S/C27H20Br2N2O2S/c1-4-13-33-25-22(28)14-19(15-23(25)29)16-24-26(32)31(21-11-7-18(3)8-12-21)27(34-24)30-20-9-5-17(2)6-10-20/h1,5-12,14-16H,13H2,2-3H3/b24-16-,30-27?. The van der Waals surface area contributed by atoms with Gasteiger partial charge in [0, 0.05) is 0 Å². The summed E-state index contributed by atoms with van der Waals surface area (Å²) in [6.45, 7) is 4.21. The van der Waals surface area contributed by atoms with Crippen LogP contribution in [0.3, 0.4) is 0 Å². The summed E-state index contributed by atoms with van der Waals surface area (Å²) in [5.41, 5.74) is 4.68. The van der Waals surface area contributed by atoms with Gasteiger partial charge >= 0.3 is 0 Å². The molecule has 1 aliphatic heterocycles. The third-order valence-electron chi connectivity index (χ3n) is 4.98. The molecule has 0 unspecified atom stereocenters. The molecule has 0 spiro atoms. The van der Waals surface area contributed by atoms with Crippen LogP contribution in [-0.2, 0) is 4.79 Å². The van der Waals surface area contributed by atoms with Crippen molar-refractivity contribution in [3.05, 3.63) is 91.2 Å². The summed E-state index contributed by atoms with van der Waals surface area (Å²) in [6.07, 6.45) is 7.16. The Hall–Kier alpha value is -2.79. The van der Waals surface area contributed by atoms with Gasteiger partial charge in [-0.15, -0.1) is 6.42 Å². The van der Waals surface area contributed by atoms with Crippen LogP contribution in [0.2, 0.25) is 0 Å². The first-order valence-corrected chi connectivity index (χ1v) is 12.8. The van der Waals surface area contributed by atoms with E-state index in [2.05, 4.69) is 37.8 Å². The molecule has 1 heterocycles. The quantitative estimate of drug-likeness (QED) is 0.225. The number of benzene rings is 3. The van der Waals surface area contributed by atoms with Gasteiger partial charge < -0.3 is 4.74 Å². The first kappa shape index (κ1) is 24.3. The summed E-state index contributed by atoms with van der Waals surface area (Å²) < 4.78 is 7.07. The summed E-state index contributed by atoms with van der Waals surface area (Å²) in [6, 6.07) is 19.5. The molecule has 3 aromatic rings. The summed E-state index contributed by atoms with van der Waals surface area (Å²) in [7, 11) is 0. The predicted octanol–water partition coefficient (Wildman–Crippen LogP) is 7.65. The van der Waals surface area contributed by atoms with E-state index in [0.717, 1.165) is 37.0 Å². The lowest BCUT2D eigenvalue weighted by Gasteiger charge is -2.16. The predicted molar refractivity (Wildman–Crippen MR) is 149 cm³/mol. The molecule has 0 atom stereocenters. The highest BCUT2D eigenvalue weighted by molar-refractivity contribution is 9.11. The van der Waals surface area contributed by atoms with Crippen molar-refractivity contribution in [3.63, 3.8) is 0 Å². The van der Waals surface area contributed by atoms with Crippen LogP contribution in [0.1, 0.15) is 16.7 Å². The smallest absolute Gasteiger partial charge is 0.271 e. The van der Waals surface area contributed by atoms with Crippen molar-refractivity contribution < 1.29 is 9.53 Å². The van der Waals surface area contributed by atoms with E-state index in [9.17, 15) is 4.79 Å². The number of thioether (sulfide) groups is 1. The number of anilines is 1. The molecular weight excluding hydrogens is 576 g/mol. The number of hydrogen-bond acceptors (Lipinski definition) is 4. The Bertz CT molecular complexity index is 1320. The van der Waals surface area contributed by atoms with Gasteiger partial charge in [0.25, 0.3) is 5.91 Å². The van der Waals surface area contributed by atoms with Crippen molar-refractivity contribution in [1.29, 1.82) is 0 Å². The fourth-order valence-corrected chi connectivity index (χ4v) is 5.72. The van der Waals surface area contributed by atoms with Gasteiger partial charge in [-0.25, -0.2) is 4.99 Å². The van der Waals surface area contributed by atoms with Crippen molar-refractivity contribution in [3.8, 4) is 18.1 Å². The Labute approximate surface area is 220 Å². The number of hydrogen-bond donors (Lipinski definition) is 0. The molecule has 0 aromatic heterocycles. The SMILES string of the molecule is C#CCOc1c(Br)cc(/C=C2\SC(=Nc3ccc(C)cc3)N(c3ccc(C)cc3)C2=O)cc1Br. The Balaban J connectivity index is 1.74. The molecule has 3 aromatic carbocycles. The summed E-state index contributed by atoms with van der Waals surface area (Å²) in [5, 5.41) is 0.607. The van der Waals surface area contributed by atoms with Crippen LogP contribution in [0.5, 0.6) is 5.75 Å². The van der Waals surface area contributed by atoms with E-state index < -0.39 is 0 Å². The minimum atomic E-state index is -0.125. The van der Waals surface area contributed by atoms with Gasteiger partial charge in [-0.2, -0.15) is 0 Å². The maximum Gasteiger partial charge on any atom is 0.271 e. The Morgan fingerprint density at radius 3 is 2.21 bits per heavy atom. The number of amides is 1. The van der Waals surface area contributed by atoms with E-state index in [1.807, 2.05) is 80.6 Å². The van der Waals surface area contributed by atoms with Gasteiger partial charge in [-0.05, 0) is 106 Å². The zero-order chi connectivity index (χ0) is 24.2. The van der Waals surface area contributed by atoms with Gasteiger partial charge in [-0.1, -0.05) is 41.3 Å². The van der Waals surface area contributed by atoms with Crippen molar-refractivity contribution in [2.24, 2.45) is 4.99 Å². The molecule has 1 saturated heterocycles. The minimum absolute atomic E-state index is 0.125. The Morgan fingerprint density at radius 2 is 1.62 bits per heavy atom. The van der Waals surface area contributed by atoms with E-state index in [1.165, 1.54) is 11.8 Å². The van der Waals surface area contributed by atoms with Crippen molar-refractivity contribution >= 4 is 72.1 Å². The maximum absolute atomic E-state index is 13.5. The largest absolute Gasteiger partial charge is 0.479 e. The van der Waals surface area contributed by atoms with Crippen LogP contribution in [0.25, 0.3) is 6.08 Å². The van der Waals surface area contributed by atoms with Gasteiger partial charge in [0.15, 0.2) is 5.17 Å². The second-order valence-corrected chi connectivity index (χ2v) is 10.3. The number of terminal acetylenes is 1. The normalized spacial score (nSPS) is 15.7. The van der Waals surface area contributed by atoms with Crippen molar-refractivity contribution in [1.82, 2.24) is 0 Å². The molecule has 1 aliphatic rings. The number of ether oxygens (including phenoxy) is 1. The van der Waals surface area contributed by atoms with Crippen molar-refractivity contribution in [2.45, 2.75) is 13.8 Å². The van der Waals surface area contributed by atoms with Crippen LogP contribution < -0.4 is 9.64 Å². The van der Waals surface area contributed by atoms with Gasteiger partial charge in [0.2, 0.25) is 0 Å². The van der Waals surface area contributed by atoms with Gasteiger partial charge in [-0.3, -0.25) is 9.69 Å².